The molecule has 0 radical (unpaired) electrons. The Hall–Kier alpha value is -2.03. The van der Waals surface area contributed by atoms with Crippen LogP contribution in [0.4, 0.5) is 5.69 Å². The van der Waals surface area contributed by atoms with E-state index in [1.54, 1.807) is 6.07 Å². The highest BCUT2D eigenvalue weighted by Gasteiger charge is 2.20. The second-order valence-corrected chi connectivity index (χ2v) is 9.25. The molecular weight excluding hydrogens is 408 g/mol. The molecule has 0 aliphatic carbocycles. The summed E-state index contributed by atoms with van der Waals surface area (Å²) in [5, 5.41) is 2.81. The molecule has 2 rings (SSSR count). The molecule has 8 heteroatoms. The van der Waals surface area contributed by atoms with Gasteiger partial charge in [-0.3, -0.25) is 9.10 Å². The fourth-order valence-electron chi connectivity index (χ4n) is 2.80. The predicted molar refractivity (Wildman–Crippen MR) is 119 cm³/mol. The Morgan fingerprint density at radius 1 is 1.10 bits per heavy atom. The Balaban J connectivity index is 1.74. The fourth-order valence-corrected chi connectivity index (χ4v) is 4.44. The van der Waals surface area contributed by atoms with E-state index in [0.717, 1.165) is 10.5 Å². The maximum atomic E-state index is 12.2. The van der Waals surface area contributed by atoms with Gasteiger partial charge >= 0.3 is 0 Å². The average molecular weight is 437 g/mol. The molecule has 0 bridgehead atoms. The lowest BCUT2D eigenvalue weighted by molar-refractivity contribution is -0.121. The highest BCUT2D eigenvalue weighted by molar-refractivity contribution is 7.99. The first kappa shape index (κ1) is 23.3. The van der Waals surface area contributed by atoms with Gasteiger partial charge < -0.3 is 10.1 Å². The molecule has 0 heterocycles. The van der Waals surface area contributed by atoms with Gasteiger partial charge in [0.25, 0.3) is 0 Å². The fraction of sp³-hybridized carbons (Fsp3) is 0.381. The summed E-state index contributed by atoms with van der Waals surface area (Å²) >= 11 is 1.49. The minimum Gasteiger partial charge on any atom is -0.375 e. The average Bonchev–Trinajstić information content (AvgIpc) is 2.71. The van der Waals surface area contributed by atoms with Crippen LogP contribution in [0, 0.1) is 0 Å². The number of benzene rings is 2. The van der Waals surface area contributed by atoms with Crippen molar-refractivity contribution >= 4 is 33.4 Å². The van der Waals surface area contributed by atoms with Crippen molar-refractivity contribution in [1.82, 2.24) is 5.32 Å². The third kappa shape index (κ3) is 8.08. The minimum absolute atomic E-state index is 0.111. The van der Waals surface area contributed by atoms with E-state index in [1.165, 1.54) is 22.3 Å². The van der Waals surface area contributed by atoms with Crippen LogP contribution < -0.4 is 9.62 Å². The molecule has 158 valence electrons. The number of carbonyl (C=O) groups is 1. The van der Waals surface area contributed by atoms with Crippen molar-refractivity contribution in [2.45, 2.75) is 24.3 Å². The van der Waals surface area contributed by atoms with Crippen LogP contribution in [0.15, 0.2) is 59.5 Å². The third-order valence-electron chi connectivity index (χ3n) is 4.20. The second-order valence-electron chi connectivity index (χ2n) is 6.50. The SMILES string of the molecule is CSc1ccccc1N(CCCC(=O)NCCOCc1ccccc1)S(C)(=O)=O. The number of hydrogen-bond donors (Lipinski definition) is 1. The first-order chi connectivity index (χ1) is 13.9. The first-order valence-electron chi connectivity index (χ1n) is 9.41. The molecule has 0 fully saturated rings. The predicted octanol–water partition coefficient (Wildman–Crippen LogP) is 3.29. The molecular formula is C21H28N2O4S2. The summed E-state index contributed by atoms with van der Waals surface area (Å²) in [5.74, 6) is -0.111. The van der Waals surface area contributed by atoms with Crippen molar-refractivity contribution in [3.8, 4) is 0 Å². The van der Waals surface area contributed by atoms with Crippen LogP contribution in [0.25, 0.3) is 0 Å². The van der Waals surface area contributed by atoms with Crippen LogP contribution in [0.3, 0.4) is 0 Å². The maximum absolute atomic E-state index is 12.2. The van der Waals surface area contributed by atoms with Gasteiger partial charge in [-0.1, -0.05) is 42.5 Å². The molecule has 0 atom stereocenters. The van der Waals surface area contributed by atoms with Crippen LogP contribution in [-0.4, -0.2) is 46.5 Å². The van der Waals surface area contributed by atoms with Gasteiger partial charge in [-0.05, 0) is 30.4 Å². The molecule has 0 unspecified atom stereocenters. The molecule has 2 aromatic carbocycles. The number of sulfonamides is 1. The molecule has 29 heavy (non-hydrogen) atoms. The Morgan fingerprint density at radius 2 is 1.79 bits per heavy atom. The van der Waals surface area contributed by atoms with E-state index < -0.39 is 10.0 Å². The van der Waals surface area contributed by atoms with E-state index in [2.05, 4.69) is 5.32 Å². The standard InChI is InChI=1S/C21H28N2O4S2/c1-28-20-12-7-6-11-19(20)23(29(2,25)26)15-8-13-21(24)22-14-16-27-17-18-9-4-3-5-10-18/h3-7,9-12H,8,13-17H2,1-2H3,(H,22,24). The molecule has 0 aromatic heterocycles. The molecule has 0 spiro atoms. The number of nitrogens with one attached hydrogen (secondary N) is 1. The number of rotatable bonds is 12. The highest BCUT2D eigenvalue weighted by Crippen LogP contribution is 2.30. The van der Waals surface area contributed by atoms with Crippen LogP contribution in [0.1, 0.15) is 18.4 Å². The van der Waals surface area contributed by atoms with Gasteiger partial charge in [0.1, 0.15) is 0 Å². The molecule has 0 aliphatic heterocycles. The van der Waals surface area contributed by atoms with Gasteiger partial charge in [0.2, 0.25) is 15.9 Å². The summed E-state index contributed by atoms with van der Waals surface area (Å²) in [5.41, 5.74) is 1.74. The van der Waals surface area contributed by atoms with Crippen LogP contribution in [0.5, 0.6) is 0 Å². The van der Waals surface area contributed by atoms with Gasteiger partial charge in [0.15, 0.2) is 0 Å². The molecule has 1 N–H and O–H groups in total. The van der Waals surface area contributed by atoms with Crippen molar-refractivity contribution in [2.24, 2.45) is 0 Å². The maximum Gasteiger partial charge on any atom is 0.232 e. The second kappa shape index (κ2) is 11.8. The minimum atomic E-state index is -3.43. The van der Waals surface area contributed by atoms with Crippen molar-refractivity contribution in [1.29, 1.82) is 0 Å². The van der Waals surface area contributed by atoms with Gasteiger partial charge in [-0.2, -0.15) is 0 Å². The Kier molecular flexibility index (Phi) is 9.50. The normalized spacial score (nSPS) is 11.2. The van der Waals surface area contributed by atoms with E-state index in [1.807, 2.05) is 54.8 Å². The number of nitrogens with zero attached hydrogens (tertiary/aromatic N) is 1. The largest absolute Gasteiger partial charge is 0.375 e. The molecule has 1 amide bonds. The molecule has 0 aliphatic rings. The summed E-state index contributed by atoms with van der Waals surface area (Å²) in [6.07, 6.45) is 3.79. The quantitative estimate of drug-likeness (QED) is 0.408. The smallest absolute Gasteiger partial charge is 0.232 e. The molecule has 0 saturated heterocycles. The van der Waals surface area contributed by atoms with Crippen molar-refractivity contribution < 1.29 is 17.9 Å². The van der Waals surface area contributed by atoms with Crippen molar-refractivity contribution in [3.63, 3.8) is 0 Å². The first-order valence-corrected chi connectivity index (χ1v) is 12.5. The van der Waals surface area contributed by atoms with Crippen LogP contribution in [-0.2, 0) is 26.2 Å². The van der Waals surface area contributed by atoms with Crippen LogP contribution >= 0.6 is 11.8 Å². The number of anilines is 1. The van der Waals surface area contributed by atoms with Gasteiger partial charge in [-0.15, -0.1) is 11.8 Å². The monoisotopic (exact) mass is 436 g/mol. The van der Waals surface area contributed by atoms with Crippen molar-refractivity contribution in [3.05, 3.63) is 60.2 Å². The topological polar surface area (TPSA) is 75.7 Å². The third-order valence-corrected chi connectivity index (χ3v) is 6.16. The summed E-state index contributed by atoms with van der Waals surface area (Å²) in [6.45, 7) is 1.62. The van der Waals surface area contributed by atoms with E-state index in [9.17, 15) is 13.2 Å². The molecule has 2 aromatic rings. The summed E-state index contributed by atoms with van der Waals surface area (Å²) in [7, 11) is -3.43. The zero-order chi connectivity index (χ0) is 21.1. The summed E-state index contributed by atoms with van der Waals surface area (Å²) in [4.78, 5) is 12.9. The number of para-hydroxylation sites is 1. The highest BCUT2D eigenvalue weighted by atomic mass is 32.2. The molecule has 6 nitrogen and oxygen atoms in total. The lowest BCUT2D eigenvalue weighted by Crippen LogP contribution is -2.33. The Morgan fingerprint density at radius 3 is 2.48 bits per heavy atom. The Labute approximate surface area is 177 Å². The van der Waals surface area contributed by atoms with Crippen molar-refractivity contribution in [2.75, 3.05) is 36.5 Å². The van der Waals surface area contributed by atoms with E-state index in [-0.39, 0.29) is 18.9 Å². The number of hydrogen-bond acceptors (Lipinski definition) is 5. The molecule has 0 saturated carbocycles. The summed E-state index contributed by atoms with van der Waals surface area (Å²) in [6, 6.07) is 17.2. The lowest BCUT2D eigenvalue weighted by atomic mass is 10.2. The zero-order valence-electron chi connectivity index (χ0n) is 16.8. The van der Waals surface area contributed by atoms with E-state index in [0.29, 0.717) is 31.9 Å². The van der Waals surface area contributed by atoms with Gasteiger partial charge in [-0.25, -0.2) is 8.42 Å². The number of ether oxygens (including phenoxy) is 1. The van der Waals surface area contributed by atoms with Crippen LogP contribution in [0.2, 0.25) is 0 Å². The summed E-state index contributed by atoms with van der Waals surface area (Å²) < 4.78 is 31.4. The zero-order valence-corrected chi connectivity index (χ0v) is 18.5. The number of carbonyl (C=O) groups excluding carboxylic acids is 1. The number of amides is 1. The van der Waals surface area contributed by atoms with E-state index in [4.69, 9.17) is 4.74 Å². The van der Waals surface area contributed by atoms with Gasteiger partial charge in [0, 0.05) is 24.4 Å². The Bertz CT molecular complexity index is 873. The van der Waals surface area contributed by atoms with Gasteiger partial charge in [0.05, 0.1) is 25.2 Å². The lowest BCUT2D eigenvalue weighted by Gasteiger charge is -2.24. The number of thioether (sulfide) groups is 1. The van der Waals surface area contributed by atoms with E-state index >= 15 is 0 Å².